The van der Waals surface area contributed by atoms with E-state index in [0.717, 1.165) is 0 Å². The monoisotopic (exact) mass is 234 g/mol. The Morgan fingerprint density at radius 3 is 2.72 bits per heavy atom. The molecule has 0 bridgehead atoms. The fraction of sp³-hybridized carbons (Fsp3) is 0.333. The number of rotatable bonds is 0. The van der Waals surface area contributed by atoms with Gasteiger partial charge in [-0.3, -0.25) is 0 Å². The Labute approximate surface area is 108 Å². The lowest BCUT2D eigenvalue weighted by atomic mass is 9.92. The summed E-state index contributed by atoms with van der Waals surface area (Å²) in [6.45, 7) is 2.20. The van der Waals surface area contributed by atoms with Gasteiger partial charge in [-0.2, -0.15) is 0 Å². The molecule has 4 rings (SSSR count). The normalized spacial score (nSPS) is 18.1. The van der Waals surface area contributed by atoms with Crippen LogP contribution in [0.5, 0.6) is 0 Å². The average Bonchev–Trinajstić information content (AvgIpc) is 2.78. The van der Waals surface area contributed by atoms with Crippen LogP contribution >= 0.6 is 0 Å². The summed E-state index contributed by atoms with van der Waals surface area (Å²) in [6.07, 6.45) is 6.62. The van der Waals surface area contributed by atoms with Gasteiger partial charge < -0.3 is 0 Å². The second kappa shape index (κ2) is 3.71. The van der Waals surface area contributed by atoms with Crippen molar-refractivity contribution in [3.63, 3.8) is 0 Å². The standard InChI is InChI=1S/C18H18/c1-12-6-7-13-8-9-16-15-5-3-2-4-14(15)11-18(16)17(13)10-12/h6-10H,2-5,11H2,1H3. The van der Waals surface area contributed by atoms with E-state index in [9.17, 15) is 0 Å². The molecule has 0 heteroatoms. The third-order valence-electron chi connectivity index (χ3n) is 4.59. The van der Waals surface area contributed by atoms with E-state index in [1.165, 1.54) is 48.4 Å². The molecule has 0 nitrogen and oxygen atoms in total. The van der Waals surface area contributed by atoms with Gasteiger partial charge in [-0.25, -0.2) is 0 Å². The van der Waals surface area contributed by atoms with E-state index in [0.29, 0.717) is 0 Å². The van der Waals surface area contributed by atoms with Gasteiger partial charge in [0.05, 0.1) is 0 Å². The fourth-order valence-corrected chi connectivity index (χ4v) is 3.67. The highest BCUT2D eigenvalue weighted by atomic mass is 14.3. The average molecular weight is 234 g/mol. The number of benzene rings is 2. The van der Waals surface area contributed by atoms with Gasteiger partial charge in [0.1, 0.15) is 0 Å². The van der Waals surface area contributed by atoms with Crippen molar-refractivity contribution in [2.75, 3.05) is 0 Å². The highest BCUT2D eigenvalue weighted by molar-refractivity contribution is 5.94. The van der Waals surface area contributed by atoms with Gasteiger partial charge in [0.15, 0.2) is 0 Å². The number of allylic oxidation sites excluding steroid dienone is 2. The van der Waals surface area contributed by atoms with Gasteiger partial charge in [-0.15, -0.1) is 0 Å². The quantitative estimate of drug-likeness (QED) is 0.599. The van der Waals surface area contributed by atoms with Gasteiger partial charge in [0, 0.05) is 0 Å². The summed E-state index contributed by atoms with van der Waals surface area (Å²) in [4.78, 5) is 0. The molecule has 0 N–H and O–H groups in total. The summed E-state index contributed by atoms with van der Waals surface area (Å²) in [5.41, 5.74) is 7.94. The van der Waals surface area contributed by atoms with Crippen molar-refractivity contribution in [3.05, 3.63) is 52.6 Å². The third-order valence-corrected chi connectivity index (χ3v) is 4.59. The van der Waals surface area contributed by atoms with Gasteiger partial charge >= 0.3 is 0 Å². The molecule has 0 radical (unpaired) electrons. The summed E-state index contributed by atoms with van der Waals surface area (Å²) in [6, 6.07) is 11.5. The lowest BCUT2D eigenvalue weighted by Gasteiger charge is -2.14. The molecule has 0 aliphatic heterocycles. The van der Waals surface area contributed by atoms with Crippen molar-refractivity contribution in [3.8, 4) is 0 Å². The molecule has 0 saturated heterocycles. The highest BCUT2D eigenvalue weighted by Crippen LogP contribution is 2.43. The van der Waals surface area contributed by atoms with Crippen LogP contribution in [0.3, 0.4) is 0 Å². The summed E-state index contributed by atoms with van der Waals surface area (Å²) >= 11 is 0. The molecule has 90 valence electrons. The zero-order chi connectivity index (χ0) is 12.1. The Kier molecular flexibility index (Phi) is 2.14. The molecule has 0 aromatic heterocycles. The minimum atomic E-state index is 1.21. The lowest BCUT2D eigenvalue weighted by molar-refractivity contribution is 0.711. The Bertz CT molecular complexity index is 674. The fourth-order valence-electron chi connectivity index (χ4n) is 3.67. The van der Waals surface area contributed by atoms with Crippen molar-refractivity contribution in [1.82, 2.24) is 0 Å². The van der Waals surface area contributed by atoms with Crippen LogP contribution in [0.15, 0.2) is 35.9 Å². The summed E-state index contributed by atoms with van der Waals surface area (Å²) in [5, 5.41) is 2.89. The van der Waals surface area contributed by atoms with E-state index in [2.05, 4.69) is 37.3 Å². The molecule has 0 saturated carbocycles. The van der Waals surface area contributed by atoms with Gasteiger partial charge in [0.25, 0.3) is 0 Å². The van der Waals surface area contributed by atoms with Crippen molar-refractivity contribution >= 4 is 16.3 Å². The predicted molar refractivity (Wildman–Crippen MR) is 77.8 cm³/mol. The van der Waals surface area contributed by atoms with Gasteiger partial charge in [-0.05, 0) is 66.5 Å². The Balaban J connectivity index is 1.98. The molecule has 0 unspecified atom stereocenters. The number of aryl methyl sites for hydroxylation is 1. The van der Waals surface area contributed by atoms with Crippen molar-refractivity contribution in [2.24, 2.45) is 0 Å². The SMILES string of the molecule is Cc1ccc2ccc3c(c2c1)CC1=C3CCCC1. The Hall–Kier alpha value is -1.56. The first kappa shape index (κ1) is 10.4. The van der Waals surface area contributed by atoms with Crippen LogP contribution < -0.4 is 0 Å². The smallest absolute Gasteiger partial charge is 0.00488 e. The Morgan fingerprint density at radius 1 is 0.944 bits per heavy atom. The van der Waals surface area contributed by atoms with Gasteiger partial charge in [-0.1, -0.05) is 41.5 Å². The largest absolute Gasteiger partial charge is 0.0620 e. The molecule has 2 aromatic rings. The van der Waals surface area contributed by atoms with Crippen LogP contribution in [-0.2, 0) is 6.42 Å². The predicted octanol–water partition coefficient (Wildman–Crippen LogP) is 5.03. The minimum Gasteiger partial charge on any atom is -0.0620 e. The molecule has 0 heterocycles. The first-order valence-corrected chi connectivity index (χ1v) is 7.06. The highest BCUT2D eigenvalue weighted by Gasteiger charge is 2.24. The van der Waals surface area contributed by atoms with Crippen LogP contribution in [0.4, 0.5) is 0 Å². The van der Waals surface area contributed by atoms with Crippen molar-refractivity contribution in [1.29, 1.82) is 0 Å². The minimum absolute atomic E-state index is 1.21. The van der Waals surface area contributed by atoms with Crippen molar-refractivity contribution < 1.29 is 0 Å². The maximum atomic E-state index is 2.37. The maximum Gasteiger partial charge on any atom is -0.00488 e. The van der Waals surface area contributed by atoms with E-state index < -0.39 is 0 Å². The summed E-state index contributed by atoms with van der Waals surface area (Å²) in [5.74, 6) is 0. The zero-order valence-electron chi connectivity index (χ0n) is 10.9. The molecule has 2 aliphatic carbocycles. The van der Waals surface area contributed by atoms with Crippen LogP contribution in [-0.4, -0.2) is 0 Å². The van der Waals surface area contributed by atoms with Crippen LogP contribution in [0.1, 0.15) is 42.4 Å². The van der Waals surface area contributed by atoms with Crippen LogP contribution in [0.25, 0.3) is 16.3 Å². The molecule has 0 amide bonds. The maximum absolute atomic E-state index is 2.37. The zero-order valence-corrected chi connectivity index (χ0v) is 10.9. The number of hydrogen-bond acceptors (Lipinski definition) is 0. The van der Waals surface area contributed by atoms with Crippen LogP contribution in [0.2, 0.25) is 0 Å². The van der Waals surface area contributed by atoms with E-state index in [4.69, 9.17) is 0 Å². The molecule has 0 fully saturated rings. The third kappa shape index (κ3) is 1.38. The van der Waals surface area contributed by atoms with E-state index in [1.54, 1.807) is 22.3 Å². The van der Waals surface area contributed by atoms with E-state index in [-0.39, 0.29) is 0 Å². The van der Waals surface area contributed by atoms with Crippen molar-refractivity contribution in [2.45, 2.75) is 39.0 Å². The Morgan fingerprint density at radius 2 is 1.78 bits per heavy atom. The lowest BCUT2D eigenvalue weighted by Crippen LogP contribution is -1.93. The second-order valence-corrected chi connectivity index (χ2v) is 5.78. The number of hydrogen-bond donors (Lipinski definition) is 0. The molecular weight excluding hydrogens is 216 g/mol. The van der Waals surface area contributed by atoms with Crippen LogP contribution in [0, 0.1) is 6.92 Å². The topological polar surface area (TPSA) is 0 Å². The summed E-state index contributed by atoms with van der Waals surface area (Å²) < 4.78 is 0. The molecular formula is C18H18. The van der Waals surface area contributed by atoms with E-state index in [1.807, 2.05) is 0 Å². The first-order chi connectivity index (χ1) is 8.83. The second-order valence-electron chi connectivity index (χ2n) is 5.78. The number of fused-ring (bicyclic) bond motifs is 4. The summed E-state index contributed by atoms with van der Waals surface area (Å²) in [7, 11) is 0. The van der Waals surface area contributed by atoms with Gasteiger partial charge in [0.2, 0.25) is 0 Å². The first-order valence-electron chi connectivity index (χ1n) is 7.06. The molecule has 18 heavy (non-hydrogen) atoms. The van der Waals surface area contributed by atoms with E-state index >= 15 is 0 Å². The molecule has 0 spiro atoms. The molecule has 0 atom stereocenters. The molecule has 2 aromatic carbocycles. The molecule has 2 aliphatic rings.